The zero-order chi connectivity index (χ0) is 21.4. The van der Waals surface area contributed by atoms with E-state index in [0.29, 0.717) is 13.0 Å². The van der Waals surface area contributed by atoms with Crippen molar-refractivity contribution in [3.05, 3.63) is 96.6 Å². The van der Waals surface area contributed by atoms with Crippen LogP contribution >= 0.6 is 12.4 Å². The monoisotopic (exact) mass is 462 g/mol. The summed E-state index contributed by atoms with van der Waals surface area (Å²) in [5.74, 6) is 0. The molecule has 32 heavy (non-hydrogen) atoms. The summed E-state index contributed by atoms with van der Waals surface area (Å²) >= 11 is 0. The van der Waals surface area contributed by atoms with Gasteiger partial charge >= 0.3 is 0 Å². The van der Waals surface area contributed by atoms with E-state index in [1.807, 2.05) is 36.4 Å². The lowest BCUT2D eigenvalue weighted by Crippen LogP contribution is -2.09. The maximum atomic E-state index is 13.4. The first kappa shape index (κ1) is 22.1. The van der Waals surface area contributed by atoms with Gasteiger partial charge in [0.2, 0.25) is 9.84 Å². The highest BCUT2D eigenvalue weighted by Gasteiger charge is 2.25. The van der Waals surface area contributed by atoms with E-state index in [1.54, 1.807) is 24.3 Å². The molecule has 162 valence electrons. The van der Waals surface area contributed by atoms with E-state index >= 15 is 0 Å². The Bertz CT molecular complexity index is 1500. The molecular weight excluding hydrogens is 440 g/mol. The number of hydrogen-bond donors (Lipinski definition) is 2. The van der Waals surface area contributed by atoms with Crippen LogP contribution in [0.25, 0.3) is 32.8 Å². The summed E-state index contributed by atoms with van der Waals surface area (Å²) in [4.78, 5) is 3.43. The number of sulfone groups is 1. The van der Waals surface area contributed by atoms with E-state index < -0.39 is 9.84 Å². The number of aromatic amines is 1. The average Bonchev–Trinajstić information content (AvgIpc) is 3.18. The summed E-state index contributed by atoms with van der Waals surface area (Å²) < 4.78 is 26.7. The predicted octanol–water partition coefficient (Wildman–Crippen LogP) is 5.74. The molecule has 0 unspecified atom stereocenters. The standard InChI is InChI=1S/C26H22N2O2S.ClH/c27-16-15-23-24-17-19(22-12-6-8-18-7-4-5-11-21(18)22)13-14-25(24)28-26(23)31(29,30)20-9-2-1-3-10-20;/h1-14,17,28H,15-16,27H2;1H. The SMILES string of the molecule is Cl.NCCc1c(S(=O)(=O)c2ccccc2)[nH]c2ccc(-c3cccc4ccccc34)cc12. The van der Waals surface area contributed by atoms with Gasteiger partial charge in [-0.2, -0.15) is 0 Å². The van der Waals surface area contributed by atoms with Crippen LogP contribution in [0.15, 0.2) is 101 Å². The summed E-state index contributed by atoms with van der Waals surface area (Å²) in [5.41, 5.74) is 9.57. The fourth-order valence-corrected chi connectivity index (χ4v) is 5.74. The molecule has 5 rings (SSSR count). The van der Waals surface area contributed by atoms with Crippen molar-refractivity contribution in [2.75, 3.05) is 6.54 Å². The second kappa shape index (κ2) is 8.79. The lowest BCUT2D eigenvalue weighted by molar-refractivity contribution is 0.592. The van der Waals surface area contributed by atoms with Crippen molar-refractivity contribution in [1.82, 2.24) is 4.98 Å². The number of rotatable bonds is 5. The van der Waals surface area contributed by atoms with E-state index in [0.717, 1.165) is 33.0 Å². The van der Waals surface area contributed by atoms with Crippen LogP contribution in [-0.2, 0) is 16.3 Å². The fourth-order valence-electron chi connectivity index (χ4n) is 4.21. The zero-order valence-corrected chi connectivity index (χ0v) is 18.9. The minimum absolute atomic E-state index is 0. The van der Waals surface area contributed by atoms with Crippen LogP contribution in [0, 0.1) is 0 Å². The number of nitrogens with one attached hydrogen (secondary N) is 1. The van der Waals surface area contributed by atoms with Crippen molar-refractivity contribution in [3.8, 4) is 11.1 Å². The summed E-state index contributed by atoms with van der Waals surface area (Å²) in [6.45, 7) is 0.364. The topological polar surface area (TPSA) is 76.0 Å². The Balaban J connectivity index is 0.00000245. The molecule has 4 nitrogen and oxygen atoms in total. The molecule has 1 heterocycles. The highest BCUT2D eigenvalue weighted by molar-refractivity contribution is 7.91. The molecule has 0 bridgehead atoms. The number of nitrogens with two attached hydrogens (primary N) is 1. The molecule has 0 atom stereocenters. The maximum absolute atomic E-state index is 13.4. The lowest BCUT2D eigenvalue weighted by Gasteiger charge is -2.08. The summed E-state index contributed by atoms with van der Waals surface area (Å²) in [6, 6.07) is 29.1. The Kier molecular flexibility index (Phi) is 6.07. The number of benzene rings is 4. The maximum Gasteiger partial charge on any atom is 0.222 e. The van der Waals surface area contributed by atoms with Gasteiger partial charge in [0.25, 0.3) is 0 Å². The van der Waals surface area contributed by atoms with E-state index in [4.69, 9.17) is 5.73 Å². The van der Waals surface area contributed by atoms with Gasteiger partial charge in [0.1, 0.15) is 5.03 Å². The minimum Gasteiger partial charge on any atom is -0.345 e. The van der Waals surface area contributed by atoms with Gasteiger partial charge in [-0.25, -0.2) is 8.42 Å². The zero-order valence-electron chi connectivity index (χ0n) is 17.3. The van der Waals surface area contributed by atoms with Crippen molar-refractivity contribution in [3.63, 3.8) is 0 Å². The van der Waals surface area contributed by atoms with Gasteiger partial charge in [-0.3, -0.25) is 0 Å². The van der Waals surface area contributed by atoms with Crippen LogP contribution in [0.3, 0.4) is 0 Å². The molecular formula is C26H23ClN2O2S. The van der Waals surface area contributed by atoms with E-state index in [1.165, 1.54) is 5.39 Å². The molecule has 0 amide bonds. The molecule has 5 aromatic rings. The van der Waals surface area contributed by atoms with Gasteiger partial charge in [0.15, 0.2) is 0 Å². The third kappa shape index (κ3) is 3.69. The highest BCUT2D eigenvalue weighted by atomic mass is 35.5. The molecule has 0 aliphatic rings. The van der Waals surface area contributed by atoms with Crippen LogP contribution in [0.5, 0.6) is 0 Å². The molecule has 0 aliphatic carbocycles. The Morgan fingerprint density at radius 3 is 2.28 bits per heavy atom. The smallest absolute Gasteiger partial charge is 0.222 e. The van der Waals surface area contributed by atoms with Crippen molar-refractivity contribution in [2.45, 2.75) is 16.3 Å². The van der Waals surface area contributed by atoms with Crippen LogP contribution < -0.4 is 5.73 Å². The predicted molar refractivity (Wildman–Crippen MR) is 133 cm³/mol. The van der Waals surface area contributed by atoms with Crippen LogP contribution in [-0.4, -0.2) is 19.9 Å². The molecule has 0 aliphatic heterocycles. The Morgan fingerprint density at radius 1 is 0.781 bits per heavy atom. The number of aromatic nitrogens is 1. The van der Waals surface area contributed by atoms with Gasteiger partial charge in [-0.1, -0.05) is 66.7 Å². The third-order valence-corrected chi connectivity index (χ3v) is 7.46. The van der Waals surface area contributed by atoms with E-state index in [2.05, 4.69) is 35.3 Å². The van der Waals surface area contributed by atoms with Crippen molar-refractivity contribution < 1.29 is 8.42 Å². The van der Waals surface area contributed by atoms with Gasteiger partial charge in [0, 0.05) is 10.9 Å². The molecule has 1 aromatic heterocycles. The van der Waals surface area contributed by atoms with Gasteiger partial charge in [0.05, 0.1) is 4.90 Å². The van der Waals surface area contributed by atoms with Crippen LogP contribution in [0.1, 0.15) is 5.56 Å². The van der Waals surface area contributed by atoms with E-state index in [9.17, 15) is 8.42 Å². The normalized spacial score (nSPS) is 11.5. The first-order valence-electron chi connectivity index (χ1n) is 10.2. The number of H-pyrrole nitrogens is 1. The van der Waals surface area contributed by atoms with Crippen LogP contribution in [0.4, 0.5) is 0 Å². The summed E-state index contributed by atoms with van der Waals surface area (Å²) in [6.07, 6.45) is 0.473. The minimum atomic E-state index is -3.68. The molecule has 4 aromatic carbocycles. The molecule has 0 saturated carbocycles. The number of fused-ring (bicyclic) bond motifs is 2. The quantitative estimate of drug-likeness (QED) is 0.349. The van der Waals surface area contributed by atoms with Crippen molar-refractivity contribution in [1.29, 1.82) is 0 Å². The Labute approximate surface area is 193 Å². The van der Waals surface area contributed by atoms with Gasteiger partial charge in [-0.05, 0) is 64.7 Å². The molecule has 6 heteroatoms. The molecule has 0 spiro atoms. The molecule has 0 saturated heterocycles. The van der Waals surface area contributed by atoms with Crippen molar-refractivity contribution >= 4 is 43.9 Å². The number of halogens is 1. The number of hydrogen-bond acceptors (Lipinski definition) is 3. The molecule has 0 radical (unpaired) electrons. The average molecular weight is 463 g/mol. The van der Waals surface area contributed by atoms with Gasteiger partial charge < -0.3 is 10.7 Å². The molecule has 3 N–H and O–H groups in total. The Morgan fingerprint density at radius 2 is 1.50 bits per heavy atom. The fraction of sp³-hybridized carbons (Fsp3) is 0.0769. The first-order valence-corrected chi connectivity index (χ1v) is 11.7. The van der Waals surface area contributed by atoms with Gasteiger partial charge in [-0.15, -0.1) is 12.4 Å². The second-order valence-corrected chi connectivity index (χ2v) is 9.46. The summed E-state index contributed by atoms with van der Waals surface area (Å²) in [5, 5.41) is 3.46. The largest absolute Gasteiger partial charge is 0.345 e. The van der Waals surface area contributed by atoms with E-state index in [-0.39, 0.29) is 22.3 Å². The van der Waals surface area contributed by atoms with Crippen LogP contribution in [0.2, 0.25) is 0 Å². The lowest BCUT2D eigenvalue weighted by atomic mass is 9.96. The third-order valence-electron chi connectivity index (χ3n) is 5.68. The Hall–Kier alpha value is -3.12. The molecule has 0 fully saturated rings. The summed E-state index contributed by atoms with van der Waals surface area (Å²) in [7, 11) is -3.68. The highest BCUT2D eigenvalue weighted by Crippen LogP contribution is 2.35. The van der Waals surface area contributed by atoms with Crippen molar-refractivity contribution in [2.24, 2.45) is 5.73 Å². The second-order valence-electron chi connectivity index (χ2n) is 7.57. The first-order chi connectivity index (χ1) is 15.1.